The van der Waals surface area contributed by atoms with E-state index < -0.39 is 0 Å². The molecule has 0 aliphatic carbocycles. The molecule has 1 aliphatic heterocycles. The third kappa shape index (κ3) is 3.80. The molecule has 1 fully saturated rings. The van der Waals surface area contributed by atoms with Gasteiger partial charge in [-0.25, -0.2) is 0 Å². The van der Waals surface area contributed by atoms with E-state index in [0.29, 0.717) is 18.9 Å². The van der Waals surface area contributed by atoms with E-state index >= 15 is 0 Å². The minimum absolute atomic E-state index is 0.0605. The number of likely N-dealkylation sites (tertiary alicyclic amines) is 1. The van der Waals surface area contributed by atoms with Gasteiger partial charge in [-0.1, -0.05) is 26.7 Å². The minimum Gasteiger partial charge on any atom is -0.303 e. The van der Waals surface area contributed by atoms with E-state index in [4.69, 9.17) is 0 Å². The molecule has 0 spiro atoms. The number of hydrogen-bond acceptors (Lipinski definition) is 3. The fraction of sp³-hybridized carbons (Fsp3) is 0.846. The van der Waals surface area contributed by atoms with Gasteiger partial charge in [0.1, 0.15) is 0 Å². The summed E-state index contributed by atoms with van der Waals surface area (Å²) < 4.78 is 0. The summed E-state index contributed by atoms with van der Waals surface area (Å²) in [6, 6.07) is 0.227. The quantitative estimate of drug-likeness (QED) is 0.719. The van der Waals surface area contributed by atoms with Gasteiger partial charge in [0.05, 0.1) is 6.04 Å². The Morgan fingerprint density at radius 2 is 2.12 bits per heavy atom. The van der Waals surface area contributed by atoms with Gasteiger partial charge in [0.25, 0.3) is 0 Å². The van der Waals surface area contributed by atoms with Crippen molar-refractivity contribution in [3.63, 3.8) is 0 Å². The molecule has 1 rings (SSSR count). The van der Waals surface area contributed by atoms with Crippen molar-refractivity contribution in [2.24, 2.45) is 0 Å². The zero-order valence-electron chi connectivity index (χ0n) is 11.2. The molecule has 0 aromatic carbocycles. The van der Waals surface area contributed by atoms with Crippen molar-refractivity contribution in [1.29, 1.82) is 0 Å². The first-order chi connectivity index (χ1) is 8.10. The van der Waals surface area contributed by atoms with Crippen LogP contribution in [0.15, 0.2) is 0 Å². The molecule has 1 heterocycles. The van der Waals surface area contributed by atoms with Gasteiger partial charge in [0.15, 0.2) is 0 Å². The van der Waals surface area contributed by atoms with Crippen molar-refractivity contribution < 1.29 is 9.59 Å². The lowest BCUT2D eigenvalue weighted by molar-refractivity contribution is -0.148. The number of carbonyl (C=O) groups is 2. The number of piperidine rings is 1. The largest absolute Gasteiger partial charge is 0.303 e. The Hall–Kier alpha value is -0.900. The number of amides is 2. The molecule has 2 atom stereocenters. The number of unbranched alkanes of at least 4 members (excludes halogenated alkanes) is 1. The van der Waals surface area contributed by atoms with Crippen LogP contribution in [0, 0.1) is 0 Å². The first-order valence-electron chi connectivity index (χ1n) is 6.66. The van der Waals surface area contributed by atoms with E-state index in [1.54, 1.807) is 7.05 Å². The number of nitrogens with zero attached hydrogens (tertiary/aromatic N) is 1. The van der Waals surface area contributed by atoms with E-state index in [9.17, 15) is 9.59 Å². The van der Waals surface area contributed by atoms with Crippen molar-refractivity contribution >= 4 is 11.8 Å². The van der Waals surface area contributed by atoms with Crippen molar-refractivity contribution in [1.82, 2.24) is 10.2 Å². The highest BCUT2D eigenvalue weighted by Gasteiger charge is 2.32. The average molecular weight is 240 g/mol. The van der Waals surface area contributed by atoms with Crippen molar-refractivity contribution in [3.05, 3.63) is 0 Å². The Morgan fingerprint density at radius 3 is 2.71 bits per heavy atom. The van der Waals surface area contributed by atoms with E-state index in [0.717, 1.165) is 12.8 Å². The van der Waals surface area contributed by atoms with Gasteiger partial charge < -0.3 is 5.32 Å². The van der Waals surface area contributed by atoms with E-state index in [-0.39, 0.29) is 17.9 Å². The molecule has 0 bridgehead atoms. The lowest BCUT2D eigenvalue weighted by Gasteiger charge is -2.31. The summed E-state index contributed by atoms with van der Waals surface area (Å²) >= 11 is 0. The number of likely N-dealkylation sites (N-methyl/N-ethyl adjacent to an activating group) is 1. The molecule has 98 valence electrons. The SMILES string of the molecule is CCCCC(CC)NC1CCC(=O)N(C)C1=O. The second kappa shape index (κ2) is 6.74. The smallest absolute Gasteiger partial charge is 0.246 e. The Morgan fingerprint density at radius 1 is 1.41 bits per heavy atom. The summed E-state index contributed by atoms with van der Waals surface area (Å²) in [5.41, 5.74) is 0. The molecule has 1 aliphatic rings. The van der Waals surface area contributed by atoms with E-state index in [1.165, 1.54) is 17.7 Å². The third-order valence-corrected chi connectivity index (χ3v) is 3.49. The zero-order chi connectivity index (χ0) is 12.8. The molecule has 4 heteroatoms. The number of imide groups is 1. The molecular formula is C13H24N2O2. The van der Waals surface area contributed by atoms with Crippen LogP contribution >= 0.6 is 0 Å². The summed E-state index contributed by atoms with van der Waals surface area (Å²) in [6.07, 6.45) is 5.61. The predicted molar refractivity (Wildman–Crippen MR) is 67.5 cm³/mol. The number of nitrogens with one attached hydrogen (secondary N) is 1. The molecule has 0 aromatic rings. The van der Waals surface area contributed by atoms with Crippen LogP contribution in [0.1, 0.15) is 52.4 Å². The molecule has 17 heavy (non-hydrogen) atoms. The maximum Gasteiger partial charge on any atom is 0.246 e. The standard InChI is InChI=1S/C13H24N2O2/c1-4-6-7-10(5-2)14-11-8-9-12(16)15(3)13(11)17/h10-11,14H,4-9H2,1-3H3. The topological polar surface area (TPSA) is 49.4 Å². The van der Waals surface area contributed by atoms with Crippen LogP contribution in [0.2, 0.25) is 0 Å². The highest BCUT2D eigenvalue weighted by Crippen LogP contribution is 2.14. The van der Waals surface area contributed by atoms with Crippen molar-refractivity contribution in [2.75, 3.05) is 7.05 Å². The number of carbonyl (C=O) groups excluding carboxylic acids is 2. The van der Waals surface area contributed by atoms with Crippen LogP contribution in [-0.2, 0) is 9.59 Å². The molecule has 1 saturated heterocycles. The van der Waals surface area contributed by atoms with Crippen LogP contribution in [-0.4, -0.2) is 35.8 Å². The van der Waals surface area contributed by atoms with Crippen LogP contribution in [0.4, 0.5) is 0 Å². The van der Waals surface area contributed by atoms with Gasteiger partial charge >= 0.3 is 0 Å². The highest BCUT2D eigenvalue weighted by molar-refractivity contribution is 6.00. The molecule has 2 amide bonds. The summed E-state index contributed by atoms with van der Waals surface area (Å²) in [6.45, 7) is 4.31. The minimum atomic E-state index is -0.167. The van der Waals surface area contributed by atoms with Gasteiger partial charge in [0.2, 0.25) is 11.8 Å². The molecule has 0 saturated carbocycles. The fourth-order valence-electron chi connectivity index (χ4n) is 2.21. The molecule has 1 N–H and O–H groups in total. The van der Waals surface area contributed by atoms with Crippen molar-refractivity contribution in [3.8, 4) is 0 Å². The lowest BCUT2D eigenvalue weighted by atomic mass is 10.0. The summed E-state index contributed by atoms with van der Waals surface area (Å²) in [4.78, 5) is 24.5. The van der Waals surface area contributed by atoms with Gasteiger partial charge in [-0.2, -0.15) is 0 Å². The van der Waals surface area contributed by atoms with Gasteiger partial charge in [-0.15, -0.1) is 0 Å². The predicted octanol–water partition coefficient (Wildman–Crippen LogP) is 1.69. The van der Waals surface area contributed by atoms with Gasteiger partial charge in [-0.3, -0.25) is 14.5 Å². The van der Waals surface area contributed by atoms with Crippen LogP contribution in [0.3, 0.4) is 0 Å². The summed E-state index contributed by atoms with van der Waals surface area (Å²) in [5.74, 6) is -0.133. The Labute approximate surface area is 104 Å². The highest BCUT2D eigenvalue weighted by atomic mass is 16.2. The molecule has 2 unspecified atom stereocenters. The average Bonchev–Trinajstić information content (AvgIpc) is 2.34. The Balaban J connectivity index is 2.49. The lowest BCUT2D eigenvalue weighted by Crippen LogP contribution is -2.53. The molecule has 0 aromatic heterocycles. The first kappa shape index (κ1) is 14.2. The molecule has 4 nitrogen and oxygen atoms in total. The second-order valence-electron chi connectivity index (χ2n) is 4.80. The summed E-state index contributed by atoms with van der Waals surface area (Å²) in [5, 5.41) is 3.40. The van der Waals surface area contributed by atoms with E-state index in [2.05, 4.69) is 19.2 Å². The van der Waals surface area contributed by atoms with E-state index in [1.807, 2.05) is 0 Å². The van der Waals surface area contributed by atoms with Gasteiger partial charge in [0, 0.05) is 19.5 Å². The van der Waals surface area contributed by atoms with Crippen LogP contribution in [0.5, 0.6) is 0 Å². The number of hydrogen-bond donors (Lipinski definition) is 1. The first-order valence-corrected chi connectivity index (χ1v) is 6.66. The maximum atomic E-state index is 11.9. The number of rotatable bonds is 6. The van der Waals surface area contributed by atoms with Crippen molar-refractivity contribution in [2.45, 2.75) is 64.5 Å². The van der Waals surface area contributed by atoms with Crippen LogP contribution in [0.25, 0.3) is 0 Å². The Bertz CT molecular complexity index is 279. The maximum absolute atomic E-state index is 11.9. The third-order valence-electron chi connectivity index (χ3n) is 3.49. The van der Waals surface area contributed by atoms with Crippen LogP contribution < -0.4 is 5.32 Å². The second-order valence-corrected chi connectivity index (χ2v) is 4.80. The zero-order valence-corrected chi connectivity index (χ0v) is 11.2. The molecular weight excluding hydrogens is 216 g/mol. The normalized spacial score (nSPS) is 23.0. The fourth-order valence-corrected chi connectivity index (χ4v) is 2.21. The van der Waals surface area contributed by atoms with Gasteiger partial charge in [-0.05, 0) is 19.3 Å². The molecule has 0 radical (unpaired) electrons. The Kier molecular flexibility index (Phi) is 5.62. The summed E-state index contributed by atoms with van der Waals surface area (Å²) in [7, 11) is 1.57. The monoisotopic (exact) mass is 240 g/mol.